The van der Waals surface area contributed by atoms with Gasteiger partial charge in [0.05, 0.1) is 18.8 Å². The molecule has 0 N–H and O–H groups in total. The summed E-state index contributed by atoms with van der Waals surface area (Å²) in [6, 6.07) is 3.73. The Labute approximate surface area is 128 Å². The number of halogens is 1. The largest absolute Gasteiger partial charge is 0.464 e. The number of nitrogens with zero attached hydrogens (tertiary/aromatic N) is 2. The zero-order valence-corrected chi connectivity index (χ0v) is 14.4. The van der Waals surface area contributed by atoms with Gasteiger partial charge in [-0.1, -0.05) is 27.7 Å². The van der Waals surface area contributed by atoms with E-state index in [1.807, 2.05) is 46.8 Å². The lowest BCUT2D eigenvalue weighted by Crippen LogP contribution is -2.07. The van der Waals surface area contributed by atoms with E-state index in [9.17, 15) is 4.79 Å². The van der Waals surface area contributed by atoms with Gasteiger partial charge < -0.3 is 4.74 Å². The first-order valence-electron chi connectivity index (χ1n) is 6.63. The van der Waals surface area contributed by atoms with Crippen LogP contribution in [0.5, 0.6) is 0 Å². The molecule has 0 bridgehead atoms. The van der Waals surface area contributed by atoms with E-state index in [-0.39, 0.29) is 0 Å². The average Bonchev–Trinajstić information content (AvgIpc) is 2.51. The Balaban J connectivity index is 0.000000829. The second kappa shape index (κ2) is 9.42. The minimum absolute atomic E-state index is 0.333. The minimum atomic E-state index is -0.428. The number of hydrogen-bond donors (Lipinski definition) is 0. The fourth-order valence-corrected chi connectivity index (χ4v) is 1.84. The van der Waals surface area contributed by atoms with Crippen LogP contribution < -0.4 is 0 Å². The standard InChI is InChI=1S/C11H9BrN2O2.2C2H6/c1-6-7-3-4-9(12)14-8(7)5-13-10(6)11(15)16-2;2*1-2/h3-5H,1-2H3;2*1-2H3. The maximum atomic E-state index is 11.4. The topological polar surface area (TPSA) is 52.1 Å². The Hall–Kier alpha value is -1.49. The molecule has 0 aliphatic carbocycles. The fourth-order valence-electron chi connectivity index (χ4n) is 1.52. The number of fused-ring (bicyclic) bond motifs is 1. The molecule has 0 aliphatic heterocycles. The van der Waals surface area contributed by atoms with Crippen molar-refractivity contribution in [2.75, 3.05) is 7.11 Å². The second-order valence-electron chi connectivity index (χ2n) is 3.29. The smallest absolute Gasteiger partial charge is 0.356 e. The lowest BCUT2D eigenvalue weighted by atomic mass is 10.1. The van der Waals surface area contributed by atoms with Gasteiger partial charge in [0.15, 0.2) is 5.69 Å². The van der Waals surface area contributed by atoms with Gasteiger partial charge in [-0.2, -0.15) is 0 Å². The molecule has 110 valence electrons. The Morgan fingerprint density at radius 2 is 1.80 bits per heavy atom. The first-order chi connectivity index (χ1) is 9.63. The predicted octanol–water partition coefficient (Wildman–Crippen LogP) is 4.54. The van der Waals surface area contributed by atoms with Gasteiger partial charge in [-0.3, -0.25) is 0 Å². The van der Waals surface area contributed by atoms with Gasteiger partial charge >= 0.3 is 5.97 Å². The molecule has 0 atom stereocenters. The van der Waals surface area contributed by atoms with E-state index in [4.69, 9.17) is 0 Å². The third-order valence-corrected chi connectivity index (χ3v) is 2.79. The van der Waals surface area contributed by atoms with Crippen molar-refractivity contribution >= 4 is 32.8 Å². The summed E-state index contributed by atoms with van der Waals surface area (Å²) in [5, 5.41) is 0.901. The summed E-state index contributed by atoms with van der Waals surface area (Å²) in [5.74, 6) is -0.428. The third kappa shape index (κ3) is 4.27. The summed E-state index contributed by atoms with van der Waals surface area (Å²) in [6.45, 7) is 9.83. The van der Waals surface area contributed by atoms with Crippen molar-refractivity contribution < 1.29 is 9.53 Å². The summed E-state index contributed by atoms with van der Waals surface area (Å²) in [6.07, 6.45) is 1.57. The highest BCUT2D eigenvalue weighted by atomic mass is 79.9. The van der Waals surface area contributed by atoms with E-state index in [1.165, 1.54) is 7.11 Å². The van der Waals surface area contributed by atoms with Gasteiger partial charge in [0.2, 0.25) is 0 Å². The first kappa shape index (κ1) is 18.5. The van der Waals surface area contributed by atoms with Crippen molar-refractivity contribution in [3.05, 3.63) is 34.2 Å². The Bertz CT molecular complexity index is 571. The van der Waals surface area contributed by atoms with E-state index >= 15 is 0 Å². The number of hydrogen-bond acceptors (Lipinski definition) is 4. The normalized spacial score (nSPS) is 8.95. The number of aryl methyl sites for hydroxylation is 1. The van der Waals surface area contributed by atoms with Crippen LogP contribution in [-0.4, -0.2) is 23.0 Å². The molecule has 5 heteroatoms. The molecule has 2 aromatic heterocycles. The van der Waals surface area contributed by atoms with Gasteiger partial charge in [0.1, 0.15) is 4.60 Å². The van der Waals surface area contributed by atoms with Gasteiger partial charge in [-0.05, 0) is 40.5 Å². The molecule has 20 heavy (non-hydrogen) atoms. The number of methoxy groups -OCH3 is 1. The fraction of sp³-hybridized carbons (Fsp3) is 0.400. The van der Waals surface area contributed by atoms with Gasteiger partial charge in [0.25, 0.3) is 0 Å². The number of carbonyl (C=O) groups excluding carboxylic acids is 1. The summed E-state index contributed by atoms with van der Waals surface area (Å²) in [5.41, 5.74) is 1.86. The average molecular weight is 341 g/mol. The number of carbonyl (C=O) groups is 1. The molecule has 0 unspecified atom stereocenters. The van der Waals surface area contributed by atoms with Crippen molar-refractivity contribution in [3.63, 3.8) is 0 Å². The molecule has 0 fully saturated rings. The zero-order chi connectivity index (χ0) is 15.7. The van der Waals surface area contributed by atoms with Crippen molar-refractivity contribution in [2.24, 2.45) is 0 Å². The molecular weight excluding hydrogens is 320 g/mol. The molecule has 0 amide bonds. The summed E-state index contributed by atoms with van der Waals surface area (Å²) >= 11 is 3.29. The van der Waals surface area contributed by atoms with Crippen LogP contribution >= 0.6 is 15.9 Å². The molecule has 4 nitrogen and oxygen atoms in total. The van der Waals surface area contributed by atoms with Crippen molar-refractivity contribution in [1.29, 1.82) is 0 Å². The van der Waals surface area contributed by atoms with E-state index in [0.29, 0.717) is 5.69 Å². The molecule has 0 spiro atoms. The van der Waals surface area contributed by atoms with E-state index in [2.05, 4.69) is 30.6 Å². The van der Waals surface area contributed by atoms with Gasteiger partial charge in [0, 0.05) is 5.39 Å². The van der Waals surface area contributed by atoms with Crippen LogP contribution in [0.2, 0.25) is 0 Å². The number of rotatable bonds is 1. The van der Waals surface area contributed by atoms with Crippen molar-refractivity contribution in [2.45, 2.75) is 34.6 Å². The van der Waals surface area contributed by atoms with E-state index in [0.717, 1.165) is 21.1 Å². The van der Waals surface area contributed by atoms with Crippen molar-refractivity contribution in [1.82, 2.24) is 9.97 Å². The third-order valence-electron chi connectivity index (χ3n) is 2.34. The summed E-state index contributed by atoms with van der Waals surface area (Å²) in [7, 11) is 1.34. The molecule has 0 radical (unpaired) electrons. The van der Waals surface area contributed by atoms with Crippen LogP contribution in [-0.2, 0) is 4.74 Å². The SMILES string of the molecule is CC.CC.COC(=O)c1ncc2nc(Br)ccc2c1C. The lowest BCUT2D eigenvalue weighted by molar-refractivity contribution is 0.0593. The zero-order valence-electron chi connectivity index (χ0n) is 12.8. The monoisotopic (exact) mass is 340 g/mol. The number of esters is 1. The predicted molar refractivity (Wildman–Crippen MR) is 86.0 cm³/mol. The second-order valence-corrected chi connectivity index (χ2v) is 4.10. The Morgan fingerprint density at radius 1 is 1.20 bits per heavy atom. The molecule has 2 aromatic rings. The highest BCUT2D eigenvalue weighted by Crippen LogP contribution is 2.20. The maximum Gasteiger partial charge on any atom is 0.356 e. The minimum Gasteiger partial charge on any atom is -0.464 e. The first-order valence-corrected chi connectivity index (χ1v) is 7.43. The maximum absolute atomic E-state index is 11.4. The molecular formula is C15H21BrN2O2. The van der Waals surface area contributed by atoms with Crippen LogP contribution in [0.3, 0.4) is 0 Å². The van der Waals surface area contributed by atoms with Gasteiger partial charge in [-0.25, -0.2) is 14.8 Å². The number of aromatic nitrogens is 2. The highest BCUT2D eigenvalue weighted by Gasteiger charge is 2.13. The summed E-state index contributed by atoms with van der Waals surface area (Å²) in [4.78, 5) is 19.8. The molecule has 0 aliphatic rings. The van der Waals surface area contributed by atoms with Crippen LogP contribution in [0, 0.1) is 6.92 Å². The quantitative estimate of drug-likeness (QED) is 0.564. The molecule has 2 rings (SSSR count). The van der Waals surface area contributed by atoms with E-state index in [1.54, 1.807) is 6.20 Å². The summed E-state index contributed by atoms with van der Waals surface area (Å²) < 4.78 is 5.40. The van der Waals surface area contributed by atoms with Crippen LogP contribution in [0.15, 0.2) is 22.9 Å². The Morgan fingerprint density at radius 3 is 2.35 bits per heavy atom. The van der Waals surface area contributed by atoms with Crippen molar-refractivity contribution in [3.8, 4) is 0 Å². The lowest BCUT2D eigenvalue weighted by Gasteiger charge is -2.06. The Kier molecular flexibility index (Phi) is 8.72. The van der Waals surface area contributed by atoms with E-state index < -0.39 is 5.97 Å². The molecule has 2 heterocycles. The number of ether oxygens (including phenoxy) is 1. The number of pyridine rings is 2. The van der Waals surface area contributed by atoms with Crippen LogP contribution in [0.4, 0.5) is 0 Å². The highest BCUT2D eigenvalue weighted by molar-refractivity contribution is 9.10. The molecule has 0 saturated heterocycles. The van der Waals surface area contributed by atoms with Gasteiger partial charge in [-0.15, -0.1) is 0 Å². The molecule has 0 aromatic carbocycles. The van der Waals surface area contributed by atoms with Crippen LogP contribution in [0.25, 0.3) is 10.9 Å². The molecule has 0 saturated carbocycles. The van der Waals surface area contributed by atoms with Crippen LogP contribution in [0.1, 0.15) is 43.7 Å².